The minimum absolute atomic E-state index is 0.176. The van der Waals surface area contributed by atoms with Crippen molar-refractivity contribution in [3.63, 3.8) is 0 Å². The van der Waals surface area contributed by atoms with Crippen molar-refractivity contribution in [2.75, 3.05) is 24.9 Å². The van der Waals surface area contributed by atoms with Crippen molar-refractivity contribution >= 4 is 17.7 Å². The predicted octanol–water partition coefficient (Wildman–Crippen LogP) is -0.105. The fourth-order valence-corrected chi connectivity index (χ4v) is 2.09. The van der Waals surface area contributed by atoms with Crippen molar-refractivity contribution in [2.45, 2.75) is 18.6 Å². The van der Waals surface area contributed by atoms with E-state index in [9.17, 15) is 4.79 Å². The van der Waals surface area contributed by atoms with Crippen molar-refractivity contribution in [3.05, 3.63) is 0 Å². The Balaban J connectivity index is 2.05. The monoisotopic (exact) mass is 221 g/mol. The highest BCUT2D eigenvalue weighted by molar-refractivity contribution is 7.99. The first kappa shape index (κ1) is 11.8. The number of hydrogen-bond donors (Lipinski definition) is 2. The molecule has 82 valence electrons. The zero-order valence-corrected chi connectivity index (χ0v) is 8.66. The third-order valence-electron chi connectivity index (χ3n) is 1.89. The summed E-state index contributed by atoms with van der Waals surface area (Å²) in [6, 6.07) is -0.778. The molecular formula is C8H15NO4S. The molecule has 1 aliphatic heterocycles. The summed E-state index contributed by atoms with van der Waals surface area (Å²) in [6.45, 7) is 1.06. The van der Waals surface area contributed by atoms with Crippen LogP contribution < -0.4 is 5.73 Å². The lowest BCUT2D eigenvalue weighted by atomic mass is 10.3. The van der Waals surface area contributed by atoms with E-state index in [0.29, 0.717) is 12.5 Å². The zero-order chi connectivity index (χ0) is 10.4. The fourth-order valence-electron chi connectivity index (χ4n) is 1.03. The molecule has 0 aromatic heterocycles. The predicted molar refractivity (Wildman–Crippen MR) is 53.2 cm³/mol. The summed E-state index contributed by atoms with van der Waals surface area (Å²) < 4.78 is 10.3. The van der Waals surface area contributed by atoms with Gasteiger partial charge in [0.05, 0.1) is 12.7 Å². The Morgan fingerprint density at radius 1 is 1.71 bits per heavy atom. The van der Waals surface area contributed by atoms with Gasteiger partial charge < -0.3 is 20.3 Å². The summed E-state index contributed by atoms with van der Waals surface area (Å²) in [5.74, 6) is 0.255. The maximum absolute atomic E-state index is 10.4. The van der Waals surface area contributed by atoms with Gasteiger partial charge in [0.25, 0.3) is 0 Å². The number of hydrogen-bond acceptors (Lipinski definition) is 5. The molecule has 3 N–H and O–H groups in total. The zero-order valence-electron chi connectivity index (χ0n) is 7.85. The van der Waals surface area contributed by atoms with Gasteiger partial charge in [-0.1, -0.05) is 0 Å². The van der Waals surface area contributed by atoms with Gasteiger partial charge >= 0.3 is 5.97 Å². The van der Waals surface area contributed by atoms with Crippen LogP contribution in [-0.2, 0) is 14.3 Å². The summed E-state index contributed by atoms with van der Waals surface area (Å²) in [4.78, 5) is 10.4. The van der Waals surface area contributed by atoms with Crippen LogP contribution in [0.2, 0.25) is 0 Å². The summed E-state index contributed by atoms with van der Waals surface area (Å²) in [7, 11) is 0. The van der Waals surface area contributed by atoms with Gasteiger partial charge in [0, 0.05) is 11.5 Å². The molecule has 1 aliphatic rings. The molecule has 6 heteroatoms. The SMILES string of the molecule is N[C@H](CSCC1CCOCO1)C(=O)O. The highest BCUT2D eigenvalue weighted by Crippen LogP contribution is 2.13. The third-order valence-corrected chi connectivity index (χ3v) is 3.09. The second-order valence-corrected chi connectivity index (χ2v) is 4.16. The normalized spacial score (nSPS) is 24.5. The highest BCUT2D eigenvalue weighted by atomic mass is 32.2. The molecule has 0 radical (unpaired) electrons. The minimum Gasteiger partial charge on any atom is -0.480 e. The van der Waals surface area contributed by atoms with E-state index >= 15 is 0 Å². The minimum atomic E-state index is -0.953. The molecule has 0 aliphatic carbocycles. The average molecular weight is 221 g/mol. The Morgan fingerprint density at radius 2 is 2.50 bits per heavy atom. The van der Waals surface area contributed by atoms with Crippen LogP contribution in [0.1, 0.15) is 6.42 Å². The molecule has 0 saturated carbocycles. The van der Waals surface area contributed by atoms with Crippen molar-refractivity contribution in [1.29, 1.82) is 0 Å². The maximum Gasteiger partial charge on any atom is 0.321 e. The first-order valence-electron chi connectivity index (χ1n) is 4.45. The van der Waals surface area contributed by atoms with E-state index in [4.69, 9.17) is 20.3 Å². The number of carbonyl (C=O) groups is 1. The van der Waals surface area contributed by atoms with E-state index in [1.54, 1.807) is 0 Å². The lowest BCUT2D eigenvalue weighted by Crippen LogP contribution is -2.33. The van der Waals surface area contributed by atoms with E-state index in [2.05, 4.69) is 0 Å². The van der Waals surface area contributed by atoms with Gasteiger partial charge in [-0.15, -0.1) is 0 Å². The van der Waals surface area contributed by atoms with Crippen LogP contribution in [-0.4, -0.2) is 48.1 Å². The number of rotatable bonds is 5. The van der Waals surface area contributed by atoms with Crippen LogP contribution in [0.15, 0.2) is 0 Å². The van der Waals surface area contributed by atoms with E-state index in [-0.39, 0.29) is 6.10 Å². The van der Waals surface area contributed by atoms with Gasteiger partial charge in [0.1, 0.15) is 12.8 Å². The van der Waals surface area contributed by atoms with Crippen LogP contribution in [0.3, 0.4) is 0 Å². The number of carboxylic acids is 1. The maximum atomic E-state index is 10.4. The van der Waals surface area contributed by atoms with Crippen molar-refractivity contribution in [3.8, 4) is 0 Å². The Kier molecular flexibility index (Phi) is 5.24. The van der Waals surface area contributed by atoms with Gasteiger partial charge in [0.2, 0.25) is 0 Å². The Bertz CT molecular complexity index is 184. The molecule has 1 rings (SSSR count). The first-order chi connectivity index (χ1) is 6.70. The van der Waals surface area contributed by atoms with E-state index in [1.807, 2.05) is 0 Å². The van der Waals surface area contributed by atoms with E-state index in [0.717, 1.165) is 18.8 Å². The summed E-state index contributed by atoms with van der Waals surface area (Å²) in [6.07, 6.45) is 1.05. The third kappa shape index (κ3) is 4.28. The molecule has 0 bridgehead atoms. The van der Waals surface area contributed by atoms with Crippen LogP contribution in [0, 0.1) is 0 Å². The van der Waals surface area contributed by atoms with Crippen LogP contribution in [0.5, 0.6) is 0 Å². The Hall–Kier alpha value is -0.300. The molecule has 1 unspecified atom stereocenters. The molecule has 2 atom stereocenters. The largest absolute Gasteiger partial charge is 0.480 e. The smallest absolute Gasteiger partial charge is 0.321 e. The van der Waals surface area contributed by atoms with Crippen LogP contribution >= 0.6 is 11.8 Å². The molecule has 0 aromatic rings. The summed E-state index contributed by atoms with van der Waals surface area (Å²) in [5.41, 5.74) is 5.35. The van der Waals surface area contributed by atoms with Crippen LogP contribution in [0.4, 0.5) is 0 Å². The van der Waals surface area contributed by atoms with Crippen molar-refractivity contribution < 1.29 is 19.4 Å². The number of thioether (sulfide) groups is 1. The fraction of sp³-hybridized carbons (Fsp3) is 0.875. The molecule has 5 nitrogen and oxygen atoms in total. The Labute approximate surface area is 86.9 Å². The first-order valence-corrected chi connectivity index (χ1v) is 5.61. The molecule has 1 fully saturated rings. The average Bonchev–Trinajstić information content (AvgIpc) is 2.19. The van der Waals surface area contributed by atoms with Crippen molar-refractivity contribution in [2.24, 2.45) is 5.73 Å². The lowest BCUT2D eigenvalue weighted by molar-refractivity contribution is -0.138. The van der Waals surface area contributed by atoms with E-state index < -0.39 is 12.0 Å². The number of carboxylic acid groups (broad SMARTS) is 1. The molecule has 0 aromatic carbocycles. The molecule has 14 heavy (non-hydrogen) atoms. The quantitative estimate of drug-likeness (QED) is 0.674. The standard InChI is InChI=1S/C8H15NO4S/c9-7(8(10)11)4-14-3-6-1-2-12-5-13-6/h6-7H,1-5,9H2,(H,10,11)/t6?,7-/m1/s1. The van der Waals surface area contributed by atoms with Gasteiger partial charge in [-0.05, 0) is 6.42 Å². The lowest BCUT2D eigenvalue weighted by Gasteiger charge is -2.22. The van der Waals surface area contributed by atoms with Crippen LogP contribution in [0.25, 0.3) is 0 Å². The van der Waals surface area contributed by atoms with Gasteiger partial charge in [-0.2, -0.15) is 11.8 Å². The summed E-state index contributed by atoms with van der Waals surface area (Å²) in [5, 5.41) is 8.53. The highest BCUT2D eigenvalue weighted by Gasteiger charge is 2.16. The van der Waals surface area contributed by atoms with E-state index in [1.165, 1.54) is 11.8 Å². The summed E-state index contributed by atoms with van der Waals surface area (Å²) >= 11 is 1.51. The number of ether oxygens (including phenoxy) is 2. The number of nitrogens with two attached hydrogens (primary N) is 1. The topological polar surface area (TPSA) is 81.8 Å². The Morgan fingerprint density at radius 3 is 3.07 bits per heavy atom. The second kappa shape index (κ2) is 6.23. The molecule has 0 spiro atoms. The van der Waals surface area contributed by atoms with Gasteiger partial charge in [-0.3, -0.25) is 4.79 Å². The molecular weight excluding hydrogens is 206 g/mol. The number of aliphatic carboxylic acids is 1. The second-order valence-electron chi connectivity index (χ2n) is 3.09. The van der Waals surface area contributed by atoms with Gasteiger partial charge in [0.15, 0.2) is 0 Å². The van der Waals surface area contributed by atoms with Gasteiger partial charge in [-0.25, -0.2) is 0 Å². The molecule has 1 heterocycles. The molecule has 1 saturated heterocycles. The van der Waals surface area contributed by atoms with Crippen molar-refractivity contribution in [1.82, 2.24) is 0 Å². The molecule has 0 amide bonds.